The van der Waals surface area contributed by atoms with Gasteiger partial charge in [0.1, 0.15) is 11.5 Å². The summed E-state index contributed by atoms with van der Waals surface area (Å²) in [6, 6.07) is 9.34. The molecule has 27 heavy (non-hydrogen) atoms. The highest BCUT2D eigenvalue weighted by Gasteiger charge is 2.24. The minimum atomic E-state index is -0.220. The number of esters is 1. The SMILES string of the molecule is CC1CC(=O)Oc2cc(Oc3nn4cc(-c5cccnc5)nc4s3)ccc21. The normalized spacial score (nSPS) is 16.2. The van der Waals surface area contributed by atoms with Crippen molar-refractivity contribution in [2.24, 2.45) is 0 Å². The molecule has 134 valence electrons. The van der Waals surface area contributed by atoms with Crippen LogP contribution in [0.25, 0.3) is 16.2 Å². The number of aromatic nitrogens is 4. The van der Waals surface area contributed by atoms with Gasteiger partial charge in [0.25, 0.3) is 5.19 Å². The van der Waals surface area contributed by atoms with Gasteiger partial charge in [-0.05, 0) is 41.0 Å². The van der Waals surface area contributed by atoms with Crippen molar-refractivity contribution in [3.63, 3.8) is 0 Å². The van der Waals surface area contributed by atoms with E-state index in [1.807, 2.05) is 37.4 Å². The number of imidazole rings is 1. The standard InChI is InChI=1S/C19H14N4O3S/c1-11-7-17(24)26-16-8-13(4-5-14(11)16)25-19-22-23-10-15(21-18(23)27-19)12-3-2-6-20-9-12/h2-6,8-11H,7H2,1H3. The van der Waals surface area contributed by atoms with Crippen LogP contribution in [0.5, 0.6) is 16.7 Å². The fourth-order valence-corrected chi connectivity index (χ4v) is 3.83. The van der Waals surface area contributed by atoms with E-state index in [1.54, 1.807) is 23.0 Å². The molecule has 1 atom stereocenters. The molecule has 5 rings (SSSR count). The Bertz CT molecular complexity index is 1120. The molecule has 1 aliphatic heterocycles. The fraction of sp³-hybridized carbons (Fsp3) is 0.158. The molecule has 1 aromatic carbocycles. The summed E-state index contributed by atoms with van der Waals surface area (Å²) in [4.78, 5) is 21.0. The second-order valence-corrected chi connectivity index (χ2v) is 7.26. The summed E-state index contributed by atoms with van der Waals surface area (Å²) in [6.07, 6.45) is 5.73. The van der Waals surface area contributed by atoms with E-state index in [1.165, 1.54) is 11.3 Å². The molecule has 0 N–H and O–H groups in total. The van der Waals surface area contributed by atoms with Gasteiger partial charge in [-0.2, -0.15) is 0 Å². The summed E-state index contributed by atoms with van der Waals surface area (Å²) >= 11 is 1.34. The van der Waals surface area contributed by atoms with Gasteiger partial charge in [0.15, 0.2) is 0 Å². The van der Waals surface area contributed by atoms with Crippen LogP contribution in [0.4, 0.5) is 0 Å². The third kappa shape index (κ3) is 2.93. The highest BCUT2D eigenvalue weighted by atomic mass is 32.1. The minimum Gasteiger partial charge on any atom is -0.430 e. The van der Waals surface area contributed by atoms with Crippen molar-refractivity contribution in [2.45, 2.75) is 19.3 Å². The Kier molecular flexibility index (Phi) is 3.64. The maximum absolute atomic E-state index is 11.6. The Morgan fingerprint density at radius 1 is 1.33 bits per heavy atom. The van der Waals surface area contributed by atoms with Crippen LogP contribution in [0, 0.1) is 0 Å². The molecular weight excluding hydrogens is 364 g/mol. The van der Waals surface area contributed by atoms with Gasteiger partial charge in [0.05, 0.1) is 18.3 Å². The van der Waals surface area contributed by atoms with Gasteiger partial charge in [-0.25, -0.2) is 9.50 Å². The van der Waals surface area contributed by atoms with E-state index in [0.29, 0.717) is 23.1 Å². The lowest BCUT2D eigenvalue weighted by molar-refractivity contribution is -0.135. The Morgan fingerprint density at radius 2 is 2.26 bits per heavy atom. The van der Waals surface area contributed by atoms with E-state index in [9.17, 15) is 4.79 Å². The number of pyridine rings is 1. The number of hydrogen-bond donors (Lipinski definition) is 0. The summed E-state index contributed by atoms with van der Waals surface area (Å²) in [5, 5.41) is 4.88. The van der Waals surface area contributed by atoms with E-state index in [-0.39, 0.29) is 11.9 Å². The molecule has 0 spiro atoms. The van der Waals surface area contributed by atoms with Gasteiger partial charge in [0.2, 0.25) is 4.96 Å². The van der Waals surface area contributed by atoms with Crippen molar-refractivity contribution in [1.29, 1.82) is 0 Å². The number of hydrogen-bond acceptors (Lipinski definition) is 7. The summed E-state index contributed by atoms with van der Waals surface area (Å²) in [7, 11) is 0. The van der Waals surface area contributed by atoms with E-state index in [4.69, 9.17) is 9.47 Å². The number of carbonyl (C=O) groups excluding carboxylic acids is 1. The molecule has 0 amide bonds. The van der Waals surface area contributed by atoms with Crippen LogP contribution < -0.4 is 9.47 Å². The van der Waals surface area contributed by atoms with Crippen LogP contribution in [-0.4, -0.2) is 25.6 Å². The highest BCUT2D eigenvalue weighted by Crippen LogP contribution is 2.38. The van der Waals surface area contributed by atoms with Crippen LogP contribution in [0.1, 0.15) is 24.8 Å². The number of rotatable bonds is 3. The maximum atomic E-state index is 11.6. The van der Waals surface area contributed by atoms with E-state index in [2.05, 4.69) is 15.1 Å². The number of benzene rings is 1. The van der Waals surface area contributed by atoms with Gasteiger partial charge in [-0.1, -0.05) is 13.0 Å². The fourth-order valence-electron chi connectivity index (χ4n) is 3.08. The van der Waals surface area contributed by atoms with Crippen molar-refractivity contribution < 1.29 is 14.3 Å². The molecule has 0 aliphatic carbocycles. The van der Waals surface area contributed by atoms with Crippen molar-refractivity contribution in [3.05, 3.63) is 54.5 Å². The molecular formula is C19H14N4O3S. The zero-order chi connectivity index (χ0) is 18.4. The molecule has 0 radical (unpaired) electrons. The molecule has 0 saturated carbocycles. The van der Waals surface area contributed by atoms with Gasteiger partial charge < -0.3 is 9.47 Å². The van der Waals surface area contributed by atoms with Crippen molar-refractivity contribution in [1.82, 2.24) is 19.6 Å². The zero-order valence-electron chi connectivity index (χ0n) is 14.3. The maximum Gasteiger partial charge on any atom is 0.311 e. The predicted octanol–water partition coefficient (Wildman–Crippen LogP) is 4.06. The van der Waals surface area contributed by atoms with Crippen LogP contribution in [0.2, 0.25) is 0 Å². The lowest BCUT2D eigenvalue weighted by Gasteiger charge is -2.21. The first-order valence-electron chi connectivity index (χ1n) is 8.45. The minimum absolute atomic E-state index is 0.143. The second kappa shape index (κ2) is 6.17. The third-order valence-corrected chi connectivity index (χ3v) is 5.20. The van der Waals surface area contributed by atoms with Crippen LogP contribution in [-0.2, 0) is 4.79 Å². The number of fused-ring (bicyclic) bond motifs is 2. The average Bonchev–Trinajstić information content (AvgIpc) is 3.20. The molecule has 0 saturated heterocycles. The van der Waals surface area contributed by atoms with Crippen LogP contribution in [0.3, 0.4) is 0 Å². The summed E-state index contributed by atoms with van der Waals surface area (Å²) in [5.41, 5.74) is 2.75. The van der Waals surface area contributed by atoms with Crippen LogP contribution in [0.15, 0.2) is 48.9 Å². The average molecular weight is 378 g/mol. The summed E-state index contributed by atoms with van der Waals surface area (Å²) in [6.45, 7) is 2.01. The van der Waals surface area contributed by atoms with Gasteiger partial charge in [-0.15, -0.1) is 5.10 Å². The third-order valence-electron chi connectivity index (χ3n) is 4.40. The Balaban J connectivity index is 1.41. The molecule has 0 fully saturated rings. The van der Waals surface area contributed by atoms with Gasteiger partial charge in [-0.3, -0.25) is 9.78 Å². The number of carbonyl (C=O) groups is 1. The van der Waals surface area contributed by atoms with Crippen molar-refractivity contribution in [3.8, 4) is 28.0 Å². The molecule has 4 aromatic rings. The van der Waals surface area contributed by atoms with E-state index in [0.717, 1.165) is 21.8 Å². The Hall–Kier alpha value is -3.26. The first kappa shape index (κ1) is 16.0. The molecule has 1 unspecified atom stereocenters. The lowest BCUT2D eigenvalue weighted by atomic mass is 9.95. The van der Waals surface area contributed by atoms with Gasteiger partial charge in [0, 0.05) is 24.0 Å². The number of nitrogens with zero attached hydrogens (tertiary/aromatic N) is 4. The van der Waals surface area contributed by atoms with Crippen molar-refractivity contribution >= 4 is 22.3 Å². The second-order valence-electron chi connectivity index (χ2n) is 6.34. The summed E-state index contributed by atoms with van der Waals surface area (Å²) < 4.78 is 12.9. The van der Waals surface area contributed by atoms with E-state index < -0.39 is 0 Å². The highest BCUT2D eigenvalue weighted by molar-refractivity contribution is 7.18. The largest absolute Gasteiger partial charge is 0.430 e. The summed E-state index contributed by atoms with van der Waals surface area (Å²) in [5.74, 6) is 1.05. The molecule has 1 aliphatic rings. The zero-order valence-corrected chi connectivity index (χ0v) is 15.1. The van der Waals surface area contributed by atoms with Crippen LogP contribution >= 0.6 is 11.3 Å². The molecule has 3 aromatic heterocycles. The van der Waals surface area contributed by atoms with Crippen molar-refractivity contribution in [2.75, 3.05) is 0 Å². The van der Waals surface area contributed by atoms with E-state index >= 15 is 0 Å². The smallest absolute Gasteiger partial charge is 0.311 e. The topological polar surface area (TPSA) is 78.6 Å². The predicted molar refractivity (Wildman–Crippen MR) is 99.3 cm³/mol. The number of ether oxygens (including phenoxy) is 2. The monoisotopic (exact) mass is 378 g/mol. The Labute approximate surface area is 158 Å². The van der Waals surface area contributed by atoms with Gasteiger partial charge >= 0.3 is 5.97 Å². The molecule has 0 bridgehead atoms. The lowest BCUT2D eigenvalue weighted by Crippen LogP contribution is -2.18. The first-order chi connectivity index (χ1) is 13.2. The quantitative estimate of drug-likeness (QED) is 0.395. The molecule has 4 heterocycles. The first-order valence-corrected chi connectivity index (χ1v) is 9.26. The Morgan fingerprint density at radius 3 is 3.07 bits per heavy atom. The molecule has 7 nitrogen and oxygen atoms in total. The molecule has 8 heteroatoms.